The van der Waals surface area contributed by atoms with Crippen LogP contribution in [0, 0.1) is 5.92 Å². The van der Waals surface area contributed by atoms with E-state index in [4.69, 9.17) is 4.98 Å². The molecule has 148 valence electrons. The maximum absolute atomic E-state index is 12.8. The molecule has 2 saturated heterocycles. The molecule has 1 atom stereocenters. The molecule has 0 bridgehead atoms. The van der Waals surface area contributed by atoms with E-state index in [0.717, 1.165) is 51.3 Å². The van der Waals surface area contributed by atoms with Crippen LogP contribution in [0.15, 0.2) is 42.7 Å². The van der Waals surface area contributed by atoms with Gasteiger partial charge in [0.15, 0.2) is 0 Å². The number of anilines is 1. The third kappa shape index (κ3) is 4.70. The molecule has 1 aromatic carbocycles. The highest BCUT2D eigenvalue weighted by molar-refractivity contribution is 5.92. The quantitative estimate of drug-likeness (QED) is 0.790. The molecule has 4 rings (SSSR count). The van der Waals surface area contributed by atoms with E-state index in [1.54, 1.807) is 6.20 Å². The second kappa shape index (κ2) is 9.18. The zero-order valence-corrected chi connectivity index (χ0v) is 16.6. The SMILES string of the molecule is O=C(c1cncc(N2CCCC(CCc3ccccc3)C2)n1)N1CCCCC1. The maximum Gasteiger partial charge on any atom is 0.274 e. The van der Waals surface area contributed by atoms with Gasteiger partial charge in [-0.25, -0.2) is 4.98 Å². The van der Waals surface area contributed by atoms with E-state index in [1.165, 1.54) is 31.2 Å². The van der Waals surface area contributed by atoms with Crippen LogP contribution >= 0.6 is 0 Å². The number of aromatic nitrogens is 2. The minimum absolute atomic E-state index is 0.0340. The van der Waals surface area contributed by atoms with Crippen LogP contribution in [0.1, 0.15) is 54.6 Å². The Balaban J connectivity index is 1.38. The topological polar surface area (TPSA) is 49.3 Å². The average molecular weight is 379 g/mol. The largest absolute Gasteiger partial charge is 0.355 e. The highest BCUT2D eigenvalue weighted by atomic mass is 16.2. The van der Waals surface area contributed by atoms with E-state index in [0.29, 0.717) is 11.6 Å². The van der Waals surface area contributed by atoms with Gasteiger partial charge < -0.3 is 9.80 Å². The molecule has 1 unspecified atom stereocenters. The third-order valence-electron chi connectivity index (χ3n) is 6.01. The Morgan fingerprint density at radius 3 is 2.64 bits per heavy atom. The summed E-state index contributed by atoms with van der Waals surface area (Å²) in [5.41, 5.74) is 1.90. The minimum Gasteiger partial charge on any atom is -0.355 e. The smallest absolute Gasteiger partial charge is 0.274 e. The van der Waals surface area contributed by atoms with E-state index in [2.05, 4.69) is 40.2 Å². The van der Waals surface area contributed by atoms with Gasteiger partial charge in [0.1, 0.15) is 11.5 Å². The Labute approximate surface area is 167 Å². The van der Waals surface area contributed by atoms with Crippen molar-refractivity contribution >= 4 is 11.7 Å². The van der Waals surface area contributed by atoms with Crippen LogP contribution in [-0.4, -0.2) is 47.0 Å². The molecule has 2 fully saturated rings. The Kier molecular flexibility index (Phi) is 6.20. The fourth-order valence-electron chi connectivity index (χ4n) is 4.39. The lowest BCUT2D eigenvalue weighted by molar-refractivity contribution is 0.0718. The van der Waals surface area contributed by atoms with Crippen molar-refractivity contribution in [3.05, 3.63) is 54.0 Å². The van der Waals surface area contributed by atoms with Crippen LogP contribution in [0.4, 0.5) is 5.82 Å². The van der Waals surface area contributed by atoms with E-state index < -0.39 is 0 Å². The van der Waals surface area contributed by atoms with E-state index in [-0.39, 0.29) is 5.91 Å². The molecule has 5 nitrogen and oxygen atoms in total. The molecule has 0 N–H and O–H groups in total. The van der Waals surface area contributed by atoms with Crippen molar-refractivity contribution in [2.75, 3.05) is 31.1 Å². The fraction of sp³-hybridized carbons (Fsp3) is 0.522. The number of piperidine rings is 2. The summed E-state index contributed by atoms with van der Waals surface area (Å²) in [4.78, 5) is 26.0. The summed E-state index contributed by atoms with van der Waals surface area (Å²) >= 11 is 0. The Morgan fingerprint density at radius 1 is 1.00 bits per heavy atom. The van der Waals surface area contributed by atoms with Crippen molar-refractivity contribution in [1.29, 1.82) is 0 Å². The van der Waals surface area contributed by atoms with Gasteiger partial charge in [0.05, 0.1) is 12.4 Å². The van der Waals surface area contributed by atoms with Gasteiger partial charge in [-0.1, -0.05) is 30.3 Å². The maximum atomic E-state index is 12.8. The predicted molar refractivity (Wildman–Crippen MR) is 111 cm³/mol. The van der Waals surface area contributed by atoms with E-state index >= 15 is 0 Å². The molecular weight excluding hydrogens is 348 g/mol. The monoisotopic (exact) mass is 378 g/mol. The first-order chi connectivity index (χ1) is 13.8. The molecule has 2 aliphatic rings. The zero-order chi connectivity index (χ0) is 19.2. The average Bonchev–Trinajstić information content (AvgIpc) is 2.79. The van der Waals surface area contributed by atoms with Crippen LogP contribution in [0.2, 0.25) is 0 Å². The summed E-state index contributed by atoms with van der Waals surface area (Å²) in [6.45, 7) is 3.69. The van der Waals surface area contributed by atoms with Crippen LogP contribution in [0.5, 0.6) is 0 Å². The molecule has 1 aromatic heterocycles. The number of amides is 1. The van der Waals surface area contributed by atoms with Crippen LogP contribution in [0.25, 0.3) is 0 Å². The summed E-state index contributed by atoms with van der Waals surface area (Å²) in [6.07, 6.45) is 11.6. The van der Waals surface area contributed by atoms with E-state index in [9.17, 15) is 4.79 Å². The number of hydrogen-bond donors (Lipinski definition) is 0. The second-order valence-electron chi connectivity index (χ2n) is 8.09. The minimum atomic E-state index is 0.0340. The van der Waals surface area contributed by atoms with Crippen molar-refractivity contribution in [1.82, 2.24) is 14.9 Å². The molecule has 1 amide bonds. The van der Waals surface area contributed by atoms with Gasteiger partial charge in [0, 0.05) is 26.2 Å². The van der Waals surface area contributed by atoms with Gasteiger partial charge >= 0.3 is 0 Å². The van der Waals surface area contributed by atoms with Gasteiger partial charge in [-0.2, -0.15) is 0 Å². The first-order valence-corrected chi connectivity index (χ1v) is 10.7. The summed E-state index contributed by atoms with van der Waals surface area (Å²) in [7, 11) is 0. The fourth-order valence-corrected chi connectivity index (χ4v) is 4.39. The standard InChI is InChI=1S/C23H30N4O/c28-23(26-13-5-2-6-14-26)21-16-24-17-22(25-21)27-15-7-10-20(18-27)12-11-19-8-3-1-4-9-19/h1,3-4,8-9,16-17,20H,2,5-7,10-15,18H2. The molecule has 2 aromatic rings. The van der Waals surface area contributed by atoms with Crippen molar-refractivity contribution in [3.63, 3.8) is 0 Å². The van der Waals surface area contributed by atoms with Gasteiger partial charge in [0.25, 0.3) is 5.91 Å². The molecule has 28 heavy (non-hydrogen) atoms. The molecule has 0 saturated carbocycles. The summed E-state index contributed by atoms with van der Waals surface area (Å²) in [5.74, 6) is 1.55. The van der Waals surface area contributed by atoms with Crippen molar-refractivity contribution in [2.24, 2.45) is 5.92 Å². The zero-order valence-electron chi connectivity index (χ0n) is 16.6. The lowest BCUT2D eigenvalue weighted by atomic mass is 9.91. The lowest BCUT2D eigenvalue weighted by Crippen LogP contribution is -2.38. The van der Waals surface area contributed by atoms with Gasteiger partial charge in [-0.3, -0.25) is 9.78 Å². The summed E-state index contributed by atoms with van der Waals surface area (Å²) in [6, 6.07) is 10.7. The Bertz CT molecular complexity index is 773. The number of benzene rings is 1. The highest BCUT2D eigenvalue weighted by Gasteiger charge is 2.24. The summed E-state index contributed by atoms with van der Waals surface area (Å²) in [5, 5.41) is 0. The first kappa shape index (κ1) is 18.9. The van der Waals surface area contributed by atoms with Crippen LogP contribution in [-0.2, 0) is 6.42 Å². The van der Waals surface area contributed by atoms with E-state index in [1.807, 2.05) is 11.1 Å². The summed E-state index contributed by atoms with van der Waals surface area (Å²) < 4.78 is 0. The molecule has 0 spiro atoms. The van der Waals surface area contributed by atoms with Gasteiger partial charge in [-0.05, 0) is 56.4 Å². The number of rotatable bonds is 5. The van der Waals surface area contributed by atoms with Crippen LogP contribution in [0.3, 0.4) is 0 Å². The van der Waals surface area contributed by atoms with Crippen molar-refractivity contribution in [2.45, 2.75) is 44.9 Å². The lowest BCUT2D eigenvalue weighted by Gasteiger charge is -2.34. The molecule has 0 radical (unpaired) electrons. The number of likely N-dealkylation sites (tertiary alicyclic amines) is 1. The van der Waals surface area contributed by atoms with Gasteiger partial charge in [0.2, 0.25) is 0 Å². The number of carbonyl (C=O) groups is 1. The van der Waals surface area contributed by atoms with Crippen molar-refractivity contribution < 1.29 is 4.79 Å². The Morgan fingerprint density at radius 2 is 1.82 bits per heavy atom. The number of hydrogen-bond acceptors (Lipinski definition) is 4. The first-order valence-electron chi connectivity index (χ1n) is 10.7. The highest BCUT2D eigenvalue weighted by Crippen LogP contribution is 2.25. The van der Waals surface area contributed by atoms with Crippen molar-refractivity contribution in [3.8, 4) is 0 Å². The molecule has 3 heterocycles. The molecule has 0 aliphatic carbocycles. The number of nitrogens with zero attached hydrogens (tertiary/aromatic N) is 4. The second-order valence-corrected chi connectivity index (χ2v) is 8.09. The number of carbonyl (C=O) groups excluding carboxylic acids is 1. The number of aryl methyl sites for hydroxylation is 1. The third-order valence-corrected chi connectivity index (χ3v) is 6.01. The normalized spacial score (nSPS) is 20.2. The van der Waals surface area contributed by atoms with Crippen LogP contribution < -0.4 is 4.90 Å². The molecule has 5 heteroatoms. The predicted octanol–water partition coefficient (Wildman–Crippen LogP) is 3.95. The molecular formula is C23H30N4O. The van der Waals surface area contributed by atoms with Gasteiger partial charge in [-0.15, -0.1) is 0 Å². The Hall–Kier alpha value is -2.43. The molecule has 2 aliphatic heterocycles.